The number of benzene rings is 2. The van der Waals surface area contributed by atoms with Crippen molar-refractivity contribution in [3.8, 4) is 5.75 Å². The Morgan fingerprint density at radius 3 is 2.35 bits per heavy atom. The van der Waals surface area contributed by atoms with E-state index in [1.165, 1.54) is 12.0 Å². The second-order valence-corrected chi connectivity index (χ2v) is 8.12. The van der Waals surface area contributed by atoms with Gasteiger partial charge < -0.3 is 23.3 Å². The van der Waals surface area contributed by atoms with E-state index in [1.54, 1.807) is 20.0 Å². The Morgan fingerprint density at radius 1 is 1.00 bits per heavy atom. The fraction of sp³-hybridized carbons (Fsp3) is 0.269. The number of ether oxygens (including phenoxy) is 2. The summed E-state index contributed by atoms with van der Waals surface area (Å²) in [6, 6.07) is 13.1. The molecule has 1 amide bonds. The van der Waals surface area contributed by atoms with Gasteiger partial charge in [0.25, 0.3) is 5.91 Å². The second-order valence-electron chi connectivity index (χ2n) is 8.12. The summed E-state index contributed by atoms with van der Waals surface area (Å²) in [6.07, 6.45) is 0. The third-order valence-electron chi connectivity index (χ3n) is 5.75. The molecule has 0 unspecified atom stereocenters. The minimum Gasteiger partial charge on any atom is -0.488 e. The summed E-state index contributed by atoms with van der Waals surface area (Å²) in [5, 5.41) is 5.85. The largest absolute Gasteiger partial charge is 0.488 e. The lowest BCUT2D eigenvalue weighted by molar-refractivity contribution is 0.0598. The Labute approximate surface area is 197 Å². The van der Waals surface area contributed by atoms with Crippen molar-refractivity contribution in [2.75, 3.05) is 14.2 Å². The Hall–Kier alpha value is -4.07. The van der Waals surface area contributed by atoms with E-state index in [9.17, 15) is 9.59 Å². The molecule has 0 aliphatic heterocycles. The van der Waals surface area contributed by atoms with Crippen molar-refractivity contribution in [3.63, 3.8) is 0 Å². The van der Waals surface area contributed by atoms with Gasteiger partial charge in [-0.25, -0.2) is 4.79 Å². The first kappa shape index (κ1) is 23.1. The van der Waals surface area contributed by atoms with Crippen LogP contribution in [0, 0.1) is 20.8 Å². The molecule has 0 radical (unpaired) electrons. The van der Waals surface area contributed by atoms with Crippen molar-refractivity contribution in [1.29, 1.82) is 0 Å². The summed E-state index contributed by atoms with van der Waals surface area (Å²) in [5.41, 5.74) is 2.36. The summed E-state index contributed by atoms with van der Waals surface area (Å²) in [7, 11) is 2.99. The van der Waals surface area contributed by atoms with Crippen molar-refractivity contribution in [2.24, 2.45) is 0 Å². The number of methoxy groups -OCH3 is 1. The summed E-state index contributed by atoms with van der Waals surface area (Å²) in [6.45, 7) is 5.76. The first-order valence-electron chi connectivity index (χ1n) is 10.8. The predicted octanol–water partition coefficient (Wildman–Crippen LogP) is 4.98. The number of esters is 1. The summed E-state index contributed by atoms with van der Waals surface area (Å²) in [4.78, 5) is 26.9. The molecule has 0 aliphatic carbocycles. The maximum atomic E-state index is 13.5. The van der Waals surface area contributed by atoms with Crippen LogP contribution >= 0.6 is 0 Å². The van der Waals surface area contributed by atoms with Gasteiger partial charge in [-0.15, -0.1) is 0 Å². The van der Waals surface area contributed by atoms with Crippen LogP contribution in [-0.2, 0) is 17.9 Å². The number of carbonyl (C=O) groups excluding carboxylic acids is 2. The maximum Gasteiger partial charge on any atom is 0.341 e. The molecule has 0 fully saturated rings. The standard InChI is InChI=1S/C26H26N2O6/c1-15-23(17(3)34-27-15)14-32-24-11-19-9-7-6-8-18(19)10-22(24)25(29)28(4)13-20-12-21(16(2)33-20)26(30)31-5/h6-12H,13-14H2,1-5H3. The van der Waals surface area contributed by atoms with Crippen molar-refractivity contribution >= 4 is 22.6 Å². The van der Waals surface area contributed by atoms with Crippen LogP contribution in [0.3, 0.4) is 0 Å². The number of carbonyl (C=O) groups is 2. The minimum absolute atomic E-state index is 0.173. The molecule has 2 aromatic carbocycles. The zero-order valence-electron chi connectivity index (χ0n) is 19.8. The first-order chi connectivity index (χ1) is 16.3. The monoisotopic (exact) mass is 462 g/mol. The zero-order chi connectivity index (χ0) is 24.4. The van der Waals surface area contributed by atoms with Gasteiger partial charge in [-0.05, 0) is 49.7 Å². The maximum absolute atomic E-state index is 13.5. The second kappa shape index (κ2) is 9.43. The molecular formula is C26H26N2O6. The van der Waals surface area contributed by atoms with E-state index in [0.29, 0.717) is 34.2 Å². The lowest BCUT2D eigenvalue weighted by Gasteiger charge is -2.19. The van der Waals surface area contributed by atoms with Gasteiger partial charge in [-0.1, -0.05) is 29.4 Å². The van der Waals surface area contributed by atoms with Crippen molar-refractivity contribution in [2.45, 2.75) is 33.9 Å². The van der Waals surface area contributed by atoms with Gasteiger partial charge in [0.15, 0.2) is 0 Å². The highest BCUT2D eigenvalue weighted by molar-refractivity contribution is 6.01. The van der Waals surface area contributed by atoms with E-state index in [4.69, 9.17) is 18.4 Å². The molecule has 8 heteroatoms. The third-order valence-corrected chi connectivity index (χ3v) is 5.75. The van der Waals surface area contributed by atoms with Gasteiger partial charge in [0.05, 0.1) is 30.5 Å². The summed E-state index contributed by atoms with van der Waals surface area (Å²) in [5.74, 6) is 1.34. The quantitative estimate of drug-likeness (QED) is 0.357. The molecule has 0 spiro atoms. The Morgan fingerprint density at radius 2 is 1.71 bits per heavy atom. The molecule has 34 heavy (non-hydrogen) atoms. The molecule has 0 atom stereocenters. The van der Waals surface area contributed by atoms with Crippen molar-refractivity contribution < 1.29 is 28.0 Å². The fourth-order valence-corrected chi connectivity index (χ4v) is 3.81. The van der Waals surface area contributed by atoms with Crippen LogP contribution in [-0.4, -0.2) is 36.1 Å². The molecule has 0 saturated carbocycles. The van der Waals surface area contributed by atoms with Crippen molar-refractivity contribution in [1.82, 2.24) is 10.1 Å². The molecule has 8 nitrogen and oxygen atoms in total. The number of amides is 1. The Kier molecular flexibility index (Phi) is 6.40. The van der Waals surface area contributed by atoms with Gasteiger partial charge >= 0.3 is 5.97 Å². The van der Waals surface area contributed by atoms with E-state index in [1.807, 2.05) is 50.2 Å². The number of furan rings is 1. The van der Waals surface area contributed by atoms with E-state index >= 15 is 0 Å². The number of aromatic nitrogens is 1. The van der Waals surface area contributed by atoms with Crippen LogP contribution in [0.25, 0.3) is 10.8 Å². The highest BCUT2D eigenvalue weighted by atomic mass is 16.5. The van der Waals surface area contributed by atoms with Gasteiger partial charge in [-0.2, -0.15) is 0 Å². The van der Waals surface area contributed by atoms with Gasteiger partial charge in [0.1, 0.15) is 35.2 Å². The third kappa shape index (κ3) is 4.52. The topological polar surface area (TPSA) is 95.0 Å². The smallest absolute Gasteiger partial charge is 0.341 e. The molecule has 4 rings (SSSR count). The van der Waals surface area contributed by atoms with Crippen LogP contribution in [0.1, 0.15) is 49.3 Å². The number of aryl methyl sites for hydroxylation is 3. The van der Waals surface area contributed by atoms with Gasteiger partial charge in [0.2, 0.25) is 0 Å². The predicted molar refractivity (Wildman–Crippen MR) is 125 cm³/mol. The number of hydrogen-bond donors (Lipinski definition) is 0. The summed E-state index contributed by atoms with van der Waals surface area (Å²) < 4.78 is 21.8. The highest BCUT2D eigenvalue weighted by Gasteiger charge is 2.22. The van der Waals surface area contributed by atoms with E-state index < -0.39 is 5.97 Å². The highest BCUT2D eigenvalue weighted by Crippen LogP contribution is 2.29. The van der Waals surface area contributed by atoms with Crippen LogP contribution in [0.15, 0.2) is 51.4 Å². The number of nitrogens with zero attached hydrogens (tertiary/aromatic N) is 2. The molecule has 176 valence electrons. The lowest BCUT2D eigenvalue weighted by Crippen LogP contribution is -2.26. The Balaban J connectivity index is 1.63. The molecule has 4 aromatic rings. The number of rotatable bonds is 7. The molecule has 2 heterocycles. The molecule has 0 bridgehead atoms. The average molecular weight is 463 g/mol. The van der Waals surface area contributed by atoms with Crippen LogP contribution < -0.4 is 4.74 Å². The zero-order valence-corrected chi connectivity index (χ0v) is 19.8. The summed E-state index contributed by atoms with van der Waals surface area (Å²) >= 11 is 0. The van der Waals surface area contributed by atoms with Crippen molar-refractivity contribution in [3.05, 3.63) is 82.1 Å². The normalized spacial score (nSPS) is 11.0. The van der Waals surface area contributed by atoms with Crippen LogP contribution in [0.2, 0.25) is 0 Å². The molecule has 0 saturated heterocycles. The van der Waals surface area contributed by atoms with Gasteiger partial charge in [-0.3, -0.25) is 4.79 Å². The Bertz CT molecular complexity index is 1350. The van der Waals surface area contributed by atoms with E-state index in [2.05, 4.69) is 5.16 Å². The molecule has 2 aromatic heterocycles. The lowest BCUT2D eigenvalue weighted by atomic mass is 10.0. The minimum atomic E-state index is -0.481. The van der Waals surface area contributed by atoms with E-state index in [0.717, 1.165) is 22.0 Å². The SMILES string of the molecule is COC(=O)c1cc(CN(C)C(=O)c2cc3ccccc3cc2OCc2c(C)noc2C)oc1C. The average Bonchev–Trinajstić information content (AvgIpc) is 3.36. The first-order valence-corrected chi connectivity index (χ1v) is 10.8. The fourth-order valence-electron chi connectivity index (χ4n) is 3.81. The van der Waals surface area contributed by atoms with Crippen LogP contribution in [0.4, 0.5) is 0 Å². The molecule has 0 aliphatic rings. The molecule has 0 N–H and O–H groups in total. The number of fused-ring (bicyclic) bond motifs is 1. The number of hydrogen-bond acceptors (Lipinski definition) is 7. The molecular weight excluding hydrogens is 436 g/mol. The van der Waals surface area contributed by atoms with E-state index in [-0.39, 0.29) is 19.1 Å². The van der Waals surface area contributed by atoms with Crippen LogP contribution in [0.5, 0.6) is 5.75 Å². The van der Waals surface area contributed by atoms with Gasteiger partial charge in [0, 0.05) is 7.05 Å².